The number of halogens is 2. The smallest absolute Gasteiger partial charge is 0.234 e. The van der Waals surface area contributed by atoms with Gasteiger partial charge in [-0.05, 0) is 43.0 Å². The fraction of sp³-hybridized carbons (Fsp3) is 0.233. The van der Waals surface area contributed by atoms with Crippen molar-refractivity contribution in [3.05, 3.63) is 107 Å². The standard InChI is InChI=1S/C30H26F2N2O3/c1-17-26(30(36)34-29-21(31)12-8-13-22(29)32)27(20-11-6-7-14-25(20)37-2)28-23(33-17)15-19(16-24(28)35)18-9-4-3-5-10-18/h3-14,19,26-27H,15-16H2,1-2H3,(H,34,36)/t19-,26?,27+/m1/s1. The lowest BCUT2D eigenvalue weighted by atomic mass is 9.69. The molecule has 3 atom stereocenters. The second-order valence-corrected chi connectivity index (χ2v) is 9.34. The largest absolute Gasteiger partial charge is 0.496 e. The van der Waals surface area contributed by atoms with Crippen molar-refractivity contribution in [2.45, 2.75) is 31.6 Å². The van der Waals surface area contributed by atoms with Gasteiger partial charge in [0.2, 0.25) is 5.91 Å². The molecular formula is C30H26F2N2O3. The lowest BCUT2D eigenvalue weighted by Gasteiger charge is -2.37. The molecule has 2 aliphatic rings. The molecule has 1 N–H and O–H groups in total. The molecule has 5 rings (SSSR count). The molecule has 188 valence electrons. The van der Waals surface area contributed by atoms with Crippen LogP contribution in [0.3, 0.4) is 0 Å². The third-order valence-corrected chi connectivity index (χ3v) is 7.13. The third-order valence-electron chi connectivity index (χ3n) is 7.13. The van der Waals surface area contributed by atoms with Crippen LogP contribution < -0.4 is 10.1 Å². The first-order valence-corrected chi connectivity index (χ1v) is 12.1. The number of benzene rings is 3. The van der Waals surface area contributed by atoms with Gasteiger partial charge in [0.15, 0.2) is 5.78 Å². The first kappa shape index (κ1) is 24.6. The number of anilines is 1. The van der Waals surface area contributed by atoms with Gasteiger partial charge in [0.05, 0.1) is 13.0 Å². The molecule has 0 saturated heterocycles. The van der Waals surface area contributed by atoms with Crippen molar-refractivity contribution in [1.82, 2.24) is 0 Å². The van der Waals surface area contributed by atoms with E-state index in [2.05, 4.69) is 5.32 Å². The molecule has 37 heavy (non-hydrogen) atoms. The van der Waals surface area contributed by atoms with E-state index in [1.807, 2.05) is 42.5 Å². The van der Waals surface area contributed by atoms with Gasteiger partial charge in [-0.3, -0.25) is 14.6 Å². The first-order chi connectivity index (χ1) is 17.9. The Morgan fingerprint density at radius 3 is 2.32 bits per heavy atom. The van der Waals surface area contributed by atoms with Gasteiger partial charge in [-0.1, -0.05) is 54.6 Å². The molecule has 0 bridgehead atoms. The van der Waals surface area contributed by atoms with Gasteiger partial charge in [-0.2, -0.15) is 0 Å². The quantitative estimate of drug-likeness (QED) is 0.454. The zero-order valence-electron chi connectivity index (χ0n) is 20.5. The fourth-order valence-electron chi connectivity index (χ4n) is 5.44. The highest BCUT2D eigenvalue weighted by Gasteiger charge is 2.45. The van der Waals surface area contributed by atoms with Crippen LogP contribution >= 0.6 is 0 Å². The van der Waals surface area contributed by atoms with E-state index in [0.29, 0.717) is 34.7 Å². The summed E-state index contributed by atoms with van der Waals surface area (Å²) in [6.07, 6.45) is 0.823. The van der Waals surface area contributed by atoms with E-state index in [0.717, 1.165) is 17.7 Å². The Kier molecular flexibility index (Phi) is 6.70. The number of allylic oxidation sites excluding steroid dienone is 2. The number of nitrogens with zero attached hydrogens (tertiary/aromatic N) is 1. The highest BCUT2D eigenvalue weighted by atomic mass is 19.1. The van der Waals surface area contributed by atoms with Gasteiger partial charge in [-0.15, -0.1) is 0 Å². The Balaban J connectivity index is 1.61. The van der Waals surface area contributed by atoms with E-state index in [1.54, 1.807) is 19.1 Å². The fourth-order valence-corrected chi connectivity index (χ4v) is 5.44. The van der Waals surface area contributed by atoms with Crippen LogP contribution in [0.25, 0.3) is 0 Å². The molecule has 0 saturated carbocycles. The van der Waals surface area contributed by atoms with Crippen LogP contribution in [0.5, 0.6) is 5.75 Å². The summed E-state index contributed by atoms with van der Waals surface area (Å²) >= 11 is 0. The SMILES string of the molecule is COc1ccccc1[C@@H]1C2=C(C[C@@H](c3ccccc3)CC2=O)N=C(C)C1C(=O)Nc1c(F)cccc1F. The summed E-state index contributed by atoms with van der Waals surface area (Å²) in [6, 6.07) is 20.4. The number of amides is 1. The van der Waals surface area contributed by atoms with E-state index < -0.39 is 35.1 Å². The number of para-hydroxylation sites is 2. The van der Waals surface area contributed by atoms with Crippen LogP contribution in [-0.4, -0.2) is 24.5 Å². The van der Waals surface area contributed by atoms with Crippen molar-refractivity contribution in [2.24, 2.45) is 10.9 Å². The summed E-state index contributed by atoms with van der Waals surface area (Å²) in [5, 5.41) is 2.42. The summed E-state index contributed by atoms with van der Waals surface area (Å²) in [5.41, 5.74) is 2.73. The van der Waals surface area contributed by atoms with Gasteiger partial charge in [0.1, 0.15) is 23.1 Å². The number of nitrogens with one attached hydrogen (secondary N) is 1. The molecule has 1 amide bonds. The second kappa shape index (κ2) is 10.1. The van der Waals surface area contributed by atoms with Crippen LogP contribution in [0.1, 0.15) is 42.7 Å². The maximum atomic E-state index is 14.4. The number of Topliss-reactive ketones (excluding diaryl/α,β-unsaturated/α-hetero) is 1. The molecule has 3 aromatic rings. The lowest BCUT2D eigenvalue weighted by Crippen LogP contribution is -2.40. The number of ether oxygens (including phenoxy) is 1. The number of hydrogen-bond acceptors (Lipinski definition) is 4. The predicted octanol–water partition coefficient (Wildman–Crippen LogP) is 6.19. The molecule has 1 heterocycles. The average Bonchev–Trinajstić information content (AvgIpc) is 2.90. The molecule has 0 radical (unpaired) electrons. The minimum atomic E-state index is -0.966. The number of carbonyl (C=O) groups excluding carboxylic acids is 2. The van der Waals surface area contributed by atoms with E-state index >= 15 is 0 Å². The maximum Gasteiger partial charge on any atom is 0.234 e. The van der Waals surface area contributed by atoms with Gasteiger partial charge < -0.3 is 10.1 Å². The number of methoxy groups -OCH3 is 1. The zero-order valence-corrected chi connectivity index (χ0v) is 20.5. The van der Waals surface area contributed by atoms with E-state index in [9.17, 15) is 18.4 Å². The Bertz CT molecular complexity index is 1410. The topological polar surface area (TPSA) is 67.8 Å². The summed E-state index contributed by atoms with van der Waals surface area (Å²) in [6.45, 7) is 1.71. The normalized spacial score (nSPS) is 21.2. The molecule has 1 aliphatic carbocycles. The van der Waals surface area contributed by atoms with Gasteiger partial charge in [-0.25, -0.2) is 8.78 Å². The molecule has 7 heteroatoms. The zero-order chi connectivity index (χ0) is 26.1. The van der Waals surface area contributed by atoms with E-state index in [1.165, 1.54) is 13.2 Å². The number of carbonyl (C=O) groups is 2. The van der Waals surface area contributed by atoms with Crippen molar-refractivity contribution in [3.8, 4) is 5.75 Å². The van der Waals surface area contributed by atoms with Gasteiger partial charge in [0, 0.05) is 34.9 Å². The minimum absolute atomic E-state index is 0.0276. The summed E-state index contributed by atoms with van der Waals surface area (Å²) < 4.78 is 34.4. The van der Waals surface area contributed by atoms with Crippen LogP contribution in [0.4, 0.5) is 14.5 Å². The Morgan fingerprint density at radius 1 is 0.946 bits per heavy atom. The third kappa shape index (κ3) is 4.57. The molecule has 0 fully saturated rings. The monoisotopic (exact) mass is 500 g/mol. The van der Waals surface area contributed by atoms with Crippen LogP contribution in [0, 0.1) is 17.6 Å². The highest BCUT2D eigenvalue weighted by molar-refractivity contribution is 6.13. The highest BCUT2D eigenvalue weighted by Crippen LogP contribution is 2.48. The summed E-state index contributed by atoms with van der Waals surface area (Å²) in [7, 11) is 1.52. The molecule has 0 spiro atoms. The number of hydrogen-bond donors (Lipinski definition) is 1. The molecule has 3 aromatic carbocycles. The van der Waals surface area contributed by atoms with Crippen molar-refractivity contribution in [1.29, 1.82) is 0 Å². The molecule has 1 unspecified atom stereocenters. The van der Waals surface area contributed by atoms with Gasteiger partial charge >= 0.3 is 0 Å². The van der Waals surface area contributed by atoms with Crippen molar-refractivity contribution in [2.75, 3.05) is 12.4 Å². The van der Waals surface area contributed by atoms with Crippen LogP contribution in [0.2, 0.25) is 0 Å². The van der Waals surface area contributed by atoms with Crippen LogP contribution in [0.15, 0.2) is 89.1 Å². The number of rotatable bonds is 5. The lowest BCUT2D eigenvalue weighted by molar-refractivity contribution is -0.119. The summed E-state index contributed by atoms with van der Waals surface area (Å²) in [5.74, 6) is -3.71. The van der Waals surface area contributed by atoms with Gasteiger partial charge in [0.25, 0.3) is 0 Å². The van der Waals surface area contributed by atoms with Crippen molar-refractivity contribution in [3.63, 3.8) is 0 Å². The average molecular weight is 501 g/mol. The minimum Gasteiger partial charge on any atom is -0.496 e. The maximum absolute atomic E-state index is 14.4. The second-order valence-electron chi connectivity index (χ2n) is 9.34. The Morgan fingerprint density at radius 2 is 1.62 bits per heavy atom. The summed E-state index contributed by atoms with van der Waals surface area (Å²) in [4.78, 5) is 32.1. The Hall–Kier alpha value is -4.13. The number of aliphatic imine (C=N–C) groups is 1. The number of ketones is 1. The Labute approximate surface area is 213 Å². The predicted molar refractivity (Wildman–Crippen MR) is 138 cm³/mol. The van der Waals surface area contributed by atoms with Crippen molar-refractivity contribution < 1.29 is 23.1 Å². The van der Waals surface area contributed by atoms with E-state index in [4.69, 9.17) is 9.73 Å². The molecule has 5 nitrogen and oxygen atoms in total. The first-order valence-electron chi connectivity index (χ1n) is 12.1. The van der Waals surface area contributed by atoms with Crippen molar-refractivity contribution >= 4 is 23.1 Å². The van der Waals surface area contributed by atoms with E-state index in [-0.39, 0.29) is 18.1 Å². The van der Waals surface area contributed by atoms with Crippen LogP contribution in [-0.2, 0) is 9.59 Å². The molecular weight excluding hydrogens is 474 g/mol. The molecule has 1 aliphatic heterocycles. The molecule has 0 aromatic heterocycles.